The normalized spacial score (nSPS) is 11.0. The zero-order valence-electron chi connectivity index (χ0n) is 15.5. The number of rotatable bonds is 8. The van der Waals surface area contributed by atoms with Crippen molar-refractivity contribution < 1.29 is 18.0 Å². The molecule has 0 radical (unpaired) electrons. The number of hydrogen-bond donors (Lipinski definition) is 2. The van der Waals surface area contributed by atoms with Crippen molar-refractivity contribution in [3.8, 4) is 0 Å². The second kappa shape index (κ2) is 9.32. The highest BCUT2D eigenvalue weighted by Gasteiger charge is 2.17. The van der Waals surface area contributed by atoms with Crippen molar-refractivity contribution in [1.82, 2.24) is 10.0 Å². The summed E-state index contributed by atoms with van der Waals surface area (Å²) in [6.07, 6.45) is 1.42. The Bertz CT molecular complexity index is 889. The lowest BCUT2D eigenvalue weighted by Gasteiger charge is -2.08. The number of sulfonamides is 1. The largest absolute Gasteiger partial charge is 0.352 e. The standard InChI is InChI=1S/C20H24N2O4S/c1-15-6-8-17(9-7-15)4-3-5-20(24)22-27(25,26)19-12-10-18(11-13-19)14-21-16(2)23/h6-13H,3-5,14H2,1-2H3,(H,21,23)(H,22,24). The van der Waals surface area contributed by atoms with Gasteiger partial charge in [-0.25, -0.2) is 13.1 Å². The molecule has 0 fully saturated rings. The molecule has 2 aromatic rings. The minimum absolute atomic E-state index is 0.0148. The van der Waals surface area contributed by atoms with Crippen LogP contribution in [0.3, 0.4) is 0 Å². The monoisotopic (exact) mass is 388 g/mol. The van der Waals surface area contributed by atoms with Crippen molar-refractivity contribution in [1.29, 1.82) is 0 Å². The van der Waals surface area contributed by atoms with Gasteiger partial charge in [0, 0.05) is 19.9 Å². The first-order chi connectivity index (χ1) is 12.8. The number of nitrogens with one attached hydrogen (secondary N) is 2. The fourth-order valence-electron chi connectivity index (χ4n) is 2.48. The Morgan fingerprint density at radius 2 is 1.52 bits per heavy atom. The van der Waals surface area contributed by atoms with Crippen molar-refractivity contribution in [3.63, 3.8) is 0 Å². The van der Waals surface area contributed by atoms with Crippen molar-refractivity contribution >= 4 is 21.8 Å². The highest BCUT2D eigenvalue weighted by atomic mass is 32.2. The fraction of sp³-hybridized carbons (Fsp3) is 0.300. The Labute approximate surface area is 160 Å². The van der Waals surface area contributed by atoms with Gasteiger partial charge in [0.1, 0.15) is 0 Å². The van der Waals surface area contributed by atoms with Gasteiger partial charge < -0.3 is 5.32 Å². The average Bonchev–Trinajstić information content (AvgIpc) is 2.61. The van der Waals surface area contributed by atoms with E-state index in [0.29, 0.717) is 19.4 Å². The van der Waals surface area contributed by atoms with E-state index < -0.39 is 15.9 Å². The van der Waals surface area contributed by atoms with Crippen molar-refractivity contribution in [2.45, 2.75) is 44.6 Å². The van der Waals surface area contributed by atoms with Crippen LogP contribution in [0.4, 0.5) is 0 Å². The van der Waals surface area contributed by atoms with Gasteiger partial charge in [-0.2, -0.15) is 0 Å². The SMILES string of the molecule is CC(=O)NCc1ccc(S(=O)(=O)NC(=O)CCCc2ccc(C)cc2)cc1. The average molecular weight is 388 g/mol. The third-order valence-corrected chi connectivity index (χ3v) is 5.40. The molecule has 0 heterocycles. The van der Waals surface area contributed by atoms with Gasteiger partial charge in [-0.1, -0.05) is 42.0 Å². The maximum absolute atomic E-state index is 12.3. The molecule has 0 aliphatic carbocycles. The summed E-state index contributed by atoms with van der Waals surface area (Å²) in [7, 11) is -3.90. The van der Waals surface area contributed by atoms with E-state index in [4.69, 9.17) is 0 Å². The summed E-state index contributed by atoms with van der Waals surface area (Å²) in [5.74, 6) is -0.686. The molecule has 27 heavy (non-hydrogen) atoms. The first kappa shape index (κ1) is 20.6. The predicted octanol–water partition coefficient (Wildman–Crippen LogP) is 2.46. The van der Waals surface area contributed by atoms with Crippen molar-refractivity contribution in [2.75, 3.05) is 0 Å². The molecule has 2 N–H and O–H groups in total. The molecule has 144 valence electrons. The number of amides is 2. The van der Waals surface area contributed by atoms with Crippen LogP contribution in [-0.4, -0.2) is 20.2 Å². The van der Waals surface area contributed by atoms with E-state index >= 15 is 0 Å². The molecule has 0 spiro atoms. The molecular weight excluding hydrogens is 364 g/mol. The molecule has 0 aliphatic rings. The fourth-order valence-corrected chi connectivity index (χ4v) is 3.49. The van der Waals surface area contributed by atoms with Crippen molar-refractivity contribution in [2.24, 2.45) is 0 Å². The highest BCUT2D eigenvalue weighted by Crippen LogP contribution is 2.12. The van der Waals surface area contributed by atoms with E-state index in [0.717, 1.165) is 11.1 Å². The summed E-state index contributed by atoms with van der Waals surface area (Å²) in [5, 5.41) is 2.63. The van der Waals surface area contributed by atoms with Crippen LogP contribution in [-0.2, 0) is 32.6 Å². The van der Waals surface area contributed by atoms with Crippen LogP contribution >= 0.6 is 0 Å². The molecule has 0 saturated carbocycles. The van der Waals surface area contributed by atoms with Crippen LogP contribution in [0.1, 0.15) is 36.5 Å². The molecule has 0 aliphatic heterocycles. The Kier molecular flexibility index (Phi) is 7.12. The Morgan fingerprint density at radius 1 is 0.926 bits per heavy atom. The van der Waals surface area contributed by atoms with Crippen LogP contribution in [0.5, 0.6) is 0 Å². The smallest absolute Gasteiger partial charge is 0.264 e. The molecule has 2 amide bonds. The molecule has 0 unspecified atom stereocenters. The lowest BCUT2D eigenvalue weighted by atomic mass is 10.1. The number of carbonyl (C=O) groups excluding carboxylic acids is 2. The van der Waals surface area contributed by atoms with Crippen LogP contribution < -0.4 is 10.0 Å². The van der Waals surface area contributed by atoms with Gasteiger partial charge >= 0.3 is 0 Å². The third kappa shape index (κ3) is 6.86. The van der Waals surface area contributed by atoms with Gasteiger partial charge in [0.2, 0.25) is 11.8 Å². The predicted molar refractivity (Wildman–Crippen MR) is 103 cm³/mol. The van der Waals surface area contributed by atoms with Crippen LogP contribution in [0, 0.1) is 6.92 Å². The topological polar surface area (TPSA) is 92.3 Å². The summed E-state index contributed by atoms with van der Waals surface area (Å²) in [5.41, 5.74) is 3.06. The highest BCUT2D eigenvalue weighted by molar-refractivity contribution is 7.90. The number of benzene rings is 2. The third-order valence-electron chi connectivity index (χ3n) is 4.01. The quantitative estimate of drug-likeness (QED) is 0.727. The lowest BCUT2D eigenvalue weighted by molar-refractivity contribution is -0.120. The molecule has 0 atom stereocenters. The second-order valence-corrected chi connectivity index (χ2v) is 8.10. The number of aryl methyl sites for hydroxylation is 2. The summed E-state index contributed by atoms with van der Waals surface area (Å²) >= 11 is 0. The molecule has 7 heteroatoms. The zero-order chi connectivity index (χ0) is 19.9. The molecule has 0 bridgehead atoms. The van der Waals surface area contributed by atoms with Crippen molar-refractivity contribution in [3.05, 3.63) is 65.2 Å². The van der Waals surface area contributed by atoms with Gasteiger partial charge in [-0.15, -0.1) is 0 Å². The van der Waals surface area contributed by atoms with E-state index in [-0.39, 0.29) is 17.2 Å². The van der Waals surface area contributed by atoms with Gasteiger partial charge in [0.05, 0.1) is 4.90 Å². The van der Waals surface area contributed by atoms with E-state index in [1.807, 2.05) is 31.2 Å². The Morgan fingerprint density at radius 3 is 2.11 bits per heavy atom. The first-order valence-electron chi connectivity index (χ1n) is 8.71. The van der Waals surface area contributed by atoms with E-state index in [1.165, 1.54) is 24.6 Å². The Balaban J connectivity index is 1.86. The lowest BCUT2D eigenvalue weighted by Crippen LogP contribution is -2.30. The minimum atomic E-state index is -3.90. The second-order valence-electron chi connectivity index (χ2n) is 6.42. The number of carbonyl (C=O) groups is 2. The molecule has 2 rings (SSSR count). The van der Waals surface area contributed by atoms with E-state index in [9.17, 15) is 18.0 Å². The summed E-state index contributed by atoms with van der Waals surface area (Å²) in [6.45, 7) is 3.74. The van der Waals surface area contributed by atoms with Crippen LogP contribution in [0.15, 0.2) is 53.4 Å². The zero-order valence-corrected chi connectivity index (χ0v) is 16.3. The molecule has 6 nitrogen and oxygen atoms in total. The Hall–Kier alpha value is -2.67. The van der Waals surface area contributed by atoms with Gasteiger partial charge in [0.15, 0.2) is 0 Å². The van der Waals surface area contributed by atoms with E-state index in [2.05, 4.69) is 10.0 Å². The van der Waals surface area contributed by atoms with Crippen LogP contribution in [0.2, 0.25) is 0 Å². The van der Waals surface area contributed by atoms with E-state index in [1.54, 1.807) is 12.1 Å². The minimum Gasteiger partial charge on any atom is -0.352 e. The summed E-state index contributed by atoms with van der Waals surface area (Å²) in [4.78, 5) is 22.9. The van der Waals surface area contributed by atoms with Crippen LogP contribution in [0.25, 0.3) is 0 Å². The maximum Gasteiger partial charge on any atom is 0.264 e. The summed E-state index contributed by atoms with van der Waals surface area (Å²) in [6, 6.07) is 14.1. The molecule has 2 aromatic carbocycles. The first-order valence-corrected chi connectivity index (χ1v) is 10.2. The van der Waals surface area contributed by atoms with Gasteiger partial charge in [0.25, 0.3) is 10.0 Å². The molecule has 0 aromatic heterocycles. The van der Waals surface area contributed by atoms with Gasteiger partial charge in [-0.05, 0) is 43.0 Å². The molecule has 0 saturated heterocycles. The van der Waals surface area contributed by atoms with Gasteiger partial charge in [-0.3, -0.25) is 9.59 Å². The maximum atomic E-state index is 12.3. The number of hydrogen-bond acceptors (Lipinski definition) is 4. The molecular formula is C20H24N2O4S. The summed E-state index contributed by atoms with van der Waals surface area (Å²) < 4.78 is 26.7.